The van der Waals surface area contributed by atoms with Crippen LogP contribution in [0.25, 0.3) is 5.69 Å². The topological polar surface area (TPSA) is 64.0 Å². The molecule has 1 amide bonds. The molecule has 0 fully saturated rings. The van der Waals surface area contributed by atoms with Crippen molar-refractivity contribution in [1.29, 1.82) is 0 Å². The zero-order chi connectivity index (χ0) is 17.1. The Morgan fingerprint density at radius 2 is 1.75 bits per heavy atom. The Bertz CT molecular complexity index is 895. The molecule has 5 heteroatoms. The summed E-state index contributed by atoms with van der Waals surface area (Å²) in [7, 11) is 0. The van der Waals surface area contributed by atoms with Gasteiger partial charge in [-0.05, 0) is 56.3 Å². The van der Waals surface area contributed by atoms with Gasteiger partial charge in [0.2, 0.25) is 0 Å². The fourth-order valence-electron chi connectivity index (χ4n) is 2.41. The number of rotatable bonds is 4. The maximum atomic E-state index is 12.3. The Kier molecular flexibility index (Phi) is 4.24. The van der Waals surface area contributed by atoms with Crippen LogP contribution in [0.1, 0.15) is 33.3 Å². The third kappa shape index (κ3) is 3.25. The van der Waals surface area contributed by atoms with Gasteiger partial charge in [-0.15, -0.1) is 0 Å². The third-order valence-electron chi connectivity index (χ3n) is 3.73. The zero-order valence-corrected chi connectivity index (χ0v) is 13.5. The minimum atomic E-state index is -0.223. The van der Waals surface area contributed by atoms with Gasteiger partial charge in [-0.1, -0.05) is 12.1 Å². The van der Waals surface area contributed by atoms with Crippen LogP contribution >= 0.6 is 0 Å². The highest BCUT2D eigenvalue weighted by Gasteiger charge is 2.08. The van der Waals surface area contributed by atoms with Crippen LogP contribution in [0.4, 0.5) is 5.69 Å². The second-order valence-corrected chi connectivity index (χ2v) is 5.52. The number of hydrogen-bond donors (Lipinski definition) is 1. The van der Waals surface area contributed by atoms with Crippen LogP contribution < -0.4 is 5.32 Å². The van der Waals surface area contributed by atoms with Crippen molar-refractivity contribution in [2.24, 2.45) is 0 Å². The maximum absolute atomic E-state index is 12.3. The summed E-state index contributed by atoms with van der Waals surface area (Å²) in [5.74, 6) is -0.260. The van der Waals surface area contributed by atoms with Gasteiger partial charge in [-0.2, -0.15) is 5.10 Å². The minimum absolute atomic E-state index is 0.0370. The third-order valence-corrected chi connectivity index (χ3v) is 3.73. The number of aryl methyl sites for hydroxylation is 1. The van der Waals surface area contributed by atoms with E-state index in [0.717, 1.165) is 11.4 Å². The van der Waals surface area contributed by atoms with Crippen molar-refractivity contribution in [2.75, 3.05) is 5.32 Å². The Hall–Kier alpha value is -3.21. The predicted octanol–water partition coefficient (Wildman–Crippen LogP) is 3.64. The monoisotopic (exact) mass is 319 g/mol. The number of hydrogen-bond acceptors (Lipinski definition) is 3. The molecule has 0 bridgehead atoms. The molecule has 0 saturated carbocycles. The summed E-state index contributed by atoms with van der Waals surface area (Å²) in [6.07, 6.45) is 1.73. The van der Waals surface area contributed by atoms with Crippen molar-refractivity contribution >= 4 is 17.4 Å². The van der Waals surface area contributed by atoms with Crippen molar-refractivity contribution in [3.05, 3.63) is 77.6 Å². The first-order valence-electron chi connectivity index (χ1n) is 7.58. The van der Waals surface area contributed by atoms with Crippen LogP contribution in [0.15, 0.2) is 60.8 Å². The van der Waals surface area contributed by atoms with Crippen molar-refractivity contribution in [3.63, 3.8) is 0 Å². The Balaban J connectivity index is 1.77. The number of benzene rings is 2. The van der Waals surface area contributed by atoms with Crippen molar-refractivity contribution in [2.45, 2.75) is 13.8 Å². The van der Waals surface area contributed by atoms with Crippen LogP contribution in [0.2, 0.25) is 0 Å². The summed E-state index contributed by atoms with van der Waals surface area (Å²) in [4.78, 5) is 23.8. The summed E-state index contributed by atoms with van der Waals surface area (Å²) in [5, 5.41) is 7.04. The summed E-state index contributed by atoms with van der Waals surface area (Å²) in [6.45, 7) is 3.46. The van der Waals surface area contributed by atoms with E-state index in [-0.39, 0.29) is 11.7 Å². The van der Waals surface area contributed by atoms with E-state index < -0.39 is 0 Å². The number of aromatic nitrogens is 2. The van der Waals surface area contributed by atoms with Crippen molar-refractivity contribution in [3.8, 4) is 5.69 Å². The fourth-order valence-corrected chi connectivity index (χ4v) is 2.41. The number of nitrogens with one attached hydrogen (secondary N) is 1. The van der Waals surface area contributed by atoms with Crippen LogP contribution in [0, 0.1) is 6.92 Å². The number of ketones is 1. The first kappa shape index (κ1) is 15.7. The average molecular weight is 319 g/mol. The molecule has 1 aromatic heterocycles. The number of Topliss-reactive ketones (excluding diaryl/α,β-unsaturated/α-hetero) is 1. The van der Waals surface area contributed by atoms with Crippen LogP contribution in [-0.4, -0.2) is 21.5 Å². The molecule has 0 radical (unpaired) electrons. The van der Waals surface area contributed by atoms with E-state index in [0.29, 0.717) is 16.8 Å². The van der Waals surface area contributed by atoms with Gasteiger partial charge in [0.05, 0.1) is 5.69 Å². The molecule has 0 spiro atoms. The first-order valence-corrected chi connectivity index (χ1v) is 7.58. The Labute approximate surface area is 139 Å². The highest BCUT2D eigenvalue weighted by Crippen LogP contribution is 2.15. The van der Waals surface area contributed by atoms with Gasteiger partial charge < -0.3 is 5.32 Å². The number of carbonyl (C=O) groups is 2. The lowest BCUT2D eigenvalue weighted by Crippen LogP contribution is -2.12. The van der Waals surface area contributed by atoms with Gasteiger partial charge in [0.25, 0.3) is 5.91 Å². The molecule has 1 heterocycles. The second-order valence-electron chi connectivity index (χ2n) is 5.52. The van der Waals surface area contributed by atoms with Crippen molar-refractivity contribution in [1.82, 2.24) is 9.78 Å². The molecule has 24 heavy (non-hydrogen) atoms. The molecule has 3 aromatic rings. The first-order chi connectivity index (χ1) is 11.5. The largest absolute Gasteiger partial charge is 0.322 e. The highest BCUT2D eigenvalue weighted by molar-refractivity contribution is 6.05. The summed E-state index contributed by atoms with van der Waals surface area (Å²) in [6, 6.07) is 16.0. The molecule has 3 rings (SSSR count). The number of carbonyl (C=O) groups excluding carboxylic acids is 2. The number of anilines is 1. The molecule has 0 unspecified atom stereocenters. The Morgan fingerprint density at radius 3 is 2.38 bits per heavy atom. The van der Waals surface area contributed by atoms with Crippen LogP contribution in [0.5, 0.6) is 0 Å². The van der Waals surface area contributed by atoms with Crippen LogP contribution in [-0.2, 0) is 0 Å². The van der Waals surface area contributed by atoms with E-state index in [9.17, 15) is 9.59 Å². The van der Waals surface area contributed by atoms with Crippen LogP contribution in [0.3, 0.4) is 0 Å². The van der Waals surface area contributed by atoms with Gasteiger partial charge >= 0.3 is 0 Å². The van der Waals surface area contributed by atoms with E-state index in [2.05, 4.69) is 10.4 Å². The fraction of sp³-hybridized carbons (Fsp3) is 0.105. The van der Waals surface area contributed by atoms with E-state index >= 15 is 0 Å². The average Bonchev–Trinajstić information content (AvgIpc) is 3.01. The minimum Gasteiger partial charge on any atom is -0.322 e. The second kappa shape index (κ2) is 6.50. The molecule has 1 N–H and O–H groups in total. The molecule has 0 atom stereocenters. The highest BCUT2D eigenvalue weighted by atomic mass is 16.1. The molecule has 120 valence electrons. The normalized spacial score (nSPS) is 10.4. The SMILES string of the molecule is CC(=O)c1cccc(NC(=O)c2ccc(-n3nccc3C)cc2)c1. The summed E-state index contributed by atoms with van der Waals surface area (Å²) >= 11 is 0. The molecule has 2 aromatic carbocycles. The number of nitrogens with zero attached hydrogens (tertiary/aromatic N) is 2. The molecular weight excluding hydrogens is 302 g/mol. The lowest BCUT2D eigenvalue weighted by molar-refractivity contribution is 0.101. The van der Waals surface area contributed by atoms with Gasteiger partial charge in [-0.25, -0.2) is 4.68 Å². The molecule has 5 nitrogen and oxygen atoms in total. The summed E-state index contributed by atoms with van der Waals surface area (Å²) < 4.78 is 1.80. The molecular formula is C19H17N3O2. The van der Waals surface area contributed by atoms with Crippen molar-refractivity contribution < 1.29 is 9.59 Å². The van der Waals surface area contributed by atoms with E-state index in [4.69, 9.17) is 0 Å². The zero-order valence-electron chi connectivity index (χ0n) is 13.5. The molecule has 0 saturated heterocycles. The molecule has 0 aliphatic heterocycles. The maximum Gasteiger partial charge on any atom is 0.255 e. The standard InChI is InChI=1S/C19H17N3O2/c1-13-10-11-20-22(13)18-8-6-15(7-9-18)19(24)21-17-5-3-4-16(12-17)14(2)23/h3-12H,1-2H3,(H,21,24). The van der Waals surface area contributed by atoms with Gasteiger partial charge in [0.15, 0.2) is 5.78 Å². The quantitative estimate of drug-likeness (QED) is 0.747. The van der Waals surface area contributed by atoms with Gasteiger partial charge in [0, 0.05) is 28.7 Å². The van der Waals surface area contributed by atoms with Gasteiger partial charge in [-0.3, -0.25) is 9.59 Å². The lowest BCUT2D eigenvalue weighted by Gasteiger charge is -2.08. The predicted molar refractivity (Wildman–Crippen MR) is 92.7 cm³/mol. The summed E-state index contributed by atoms with van der Waals surface area (Å²) in [5.41, 5.74) is 3.62. The van der Waals surface area contributed by atoms with Gasteiger partial charge in [0.1, 0.15) is 0 Å². The molecule has 0 aliphatic carbocycles. The Morgan fingerprint density at radius 1 is 1.00 bits per heavy atom. The molecule has 0 aliphatic rings. The van der Waals surface area contributed by atoms with E-state index in [1.54, 1.807) is 47.3 Å². The smallest absolute Gasteiger partial charge is 0.255 e. The lowest BCUT2D eigenvalue weighted by atomic mass is 10.1. The number of amides is 1. The van der Waals surface area contributed by atoms with E-state index in [1.807, 2.05) is 25.1 Å². The van der Waals surface area contributed by atoms with E-state index in [1.165, 1.54) is 6.92 Å².